The summed E-state index contributed by atoms with van der Waals surface area (Å²) in [6.45, 7) is 2.13. The Balaban J connectivity index is 1.91. The normalized spacial score (nSPS) is 11.2. The lowest BCUT2D eigenvalue weighted by Gasteiger charge is -2.06. The zero-order valence-electron chi connectivity index (χ0n) is 13.4. The molecule has 0 aliphatic carbocycles. The summed E-state index contributed by atoms with van der Waals surface area (Å²) in [6, 6.07) is 6.05. The second kappa shape index (κ2) is 8.19. The predicted octanol–water partition coefficient (Wildman–Crippen LogP) is 0.998. The molecule has 2 rings (SSSR count). The number of carbonyl (C=O) groups is 2. The van der Waals surface area contributed by atoms with Crippen molar-refractivity contribution in [2.24, 2.45) is 0 Å². The van der Waals surface area contributed by atoms with Crippen LogP contribution in [-0.4, -0.2) is 36.9 Å². The Morgan fingerprint density at radius 3 is 2.48 bits per heavy atom. The minimum Gasteiger partial charge on any atom is -0.476 e. The molecule has 0 unspecified atom stereocenters. The maximum Gasteiger partial charge on any atom is 0.355 e. The van der Waals surface area contributed by atoms with E-state index in [9.17, 15) is 18.0 Å². The van der Waals surface area contributed by atoms with Crippen LogP contribution in [0.5, 0.6) is 0 Å². The van der Waals surface area contributed by atoms with Gasteiger partial charge in [-0.2, -0.15) is 0 Å². The van der Waals surface area contributed by atoms with Crippen molar-refractivity contribution in [3.05, 3.63) is 45.9 Å². The number of hydrogen-bond donors (Lipinski definition) is 3. The average Bonchev–Trinajstić information content (AvgIpc) is 3.03. The highest BCUT2D eigenvalue weighted by Gasteiger charge is 2.13. The number of aromatic nitrogens is 1. The van der Waals surface area contributed by atoms with Crippen molar-refractivity contribution in [3.63, 3.8) is 0 Å². The van der Waals surface area contributed by atoms with Crippen molar-refractivity contribution in [1.29, 1.82) is 0 Å². The van der Waals surface area contributed by atoms with Gasteiger partial charge >= 0.3 is 5.97 Å². The molecule has 0 saturated carbocycles. The molecule has 0 fully saturated rings. The summed E-state index contributed by atoms with van der Waals surface area (Å²) >= 11 is 1.16. The second-order valence-corrected chi connectivity index (χ2v) is 7.74. The maximum absolute atomic E-state index is 11.9. The van der Waals surface area contributed by atoms with Crippen molar-refractivity contribution in [3.8, 4) is 0 Å². The highest BCUT2D eigenvalue weighted by molar-refractivity contribution is 7.89. The van der Waals surface area contributed by atoms with E-state index in [4.69, 9.17) is 5.11 Å². The van der Waals surface area contributed by atoms with Crippen LogP contribution in [0.15, 0.2) is 34.5 Å². The van der Waals surface area contributed by atoms with E-state index in [1.54, 1.807) is 19.1 Å². The number of aromatic carboxylic acids is 1. The molecule has 0 radical (unpaired) electrons. The Bertz CT molecular complexity index is 860. The van der Waals surface area contributed by atoms with E-state index in [-0.39, 0.29) is 29.5 Å². The third-order valence-electron chi connectivity index (χ3n) is 3.14. The number of hydrogen-bond acceptors (Lipinski definition) is 6. The van der Waals surface area contributed by atoms with Gasteiger partial charge in [0, 0.05) is 11.9 Å². The van der Waals surface area contributed by atoms with Gasteiger partial charge in [0.2, 0.25) is 15.9 Å². The molecule has 25 heavy (non-hydrogen) atoms. The number of carboxylic acid groups (broad SMARTS) is 1. The largest absolute Gasteiger partial charge is 0.476 e. The number of sulfonamides is 1. The monoisotopic (exact) mass is 383 g/mol. The van der Waals surface area contributed by atoms with Crippen molar-refractivity contribution in [2.75, 3.05) is 6.54 Å². The lowest BCUT2D eigenvalue weighted by Crippen LogP contribution is -2.25. The number of carbonyl (C=O) groups excluding carboxylic acids is 1. The molecule has 134 valence electrons. The first-order valence-electron chi connectivity index (χ1n) is 7.35. The molecule has 0 spiro atoms. The number of benzene rings is 1. The predicted molar refractivity (Wildman–Crippen MR) is 91.9 cm³/mol. The second-order valence-electron chi connectivity index (χ2n) is 5.03. The van der Waals surface area contributed by atoms with Crippen molar-refractivity contribution in [1.82, 2.24) is 15.0 Å². The van der Waals surface area contributed by atoms with Crippen LogP contribution in [0.3, 0.4) is 0 Å². The lowest BCUT2D eigenvalue weighted by atomic mass is 10.1. The molecule has 2 aromatic rings. The first-order chi connectivity index (χ1) is 11.8. The number of thiazole rings is 1. The zero-order chi connectivity index (χ0) is 18.4. The summed E-state index contributed by atoms with van der Waals surface area (Å²) in [5.74, 6) is -1.38. The van der Waals surface area contributed by atoms with Gasteiger partial charge in [-0.1, -0.05) is 19.1 Å². The molecule has 3 N–H and O–H groups in total. The van der Waals surface area contributed by atoms with Gasteiger partial charge in [-0.3, -0.25) is 4.79 Å². The number of nitrogens with zero attached hydrogens (tertiary/aromatic N) is 1. The number of rotatable bonds is 8. The van der Waals surface area contributed by atoms with Gasteiger partial charge in [-0.15, -0.1) is 11.3 Å². The van der Waals surface area contributed by atoms with Crippen molar-refractivity contribution < 1.29 is 23.1 Å². The van der Waals surface area contributed by atoms with Gasteiger partial charge in [0.15, 0.2) is 5.69 Å². The van der Waals surface area contributed by atoms with E-state index < -0.39 is 16.0 Å². The summed E-state index contributed by atoms with van der Waals surface area (Å²) in [7, 11) is -3.51. The molecule has 1 heterocycles. The smallest absolute Gasteiger partial charge is 0.355 e. The minimum absolute atomic E-state index is 0.0493. The molecule has 10 heteroatoms. The van der Waals surface area contributed by atoms with E-state index in [1.165, 1.54) is 17.5 Å². The number of amides is 1. The third kappa shape index (κ3) is 5.34. The van der Waals surface area contributed by atoms with Crippen LogP contribution in [-0.2, 0) is 27.8 Å². The van der Waals surface area contributed by atoms with Gasteiger partial charge in [-0.25, -0.2) is 22.9 Å². The van der Waals surface area contributed by atoms with Gasteiger partial charge < -0.3 is 10.4 Å². The topological polar surface area (TPSA) is 125 Å². The summed E-state index contributed by atoms with van der Waals surface area (Å²) in [5.41, 5.74) is 0.616. The molecule has 0 saturated heterocycles. The van der Waals surface area contributed by atoms with Crippen LogP contribution in [0.2, 0.25) is 0 Å². The summed E-state index contributed by atoms with van der Waals surface area (Å²) in [6.07, 6.45) is 0.0820. The molecule has 1 aromatic carbocycles. The molecular weight excluding hydrogens is 366 g/mol. The van der Waals surface area contributed by atoms with Crippen LogP contribution in [0.4, 0.5) is 0 Å². The standard InChI is InChI=1S/C15H17N3O5S2/c1-2-17-25(22,23)11-5-3-10(4-6-11)7-13(19)16-8-14-18-12(9-24-14)15(20)21/h3-6,9,17H,2,7-8H2,1H3,(H,16,19)(H,20,21). The van der Waals surface area contributed by atoms with Crippen LogP contribution in [0.1, 0.15) is 28.0 Å². The Labute approximate surface area is 149 Å². The molecule has 0 aliphatic heterocycles. The maximum atomic E-state index is 11.9. The molecule has 0 atom stereocenters. The summed E-state index contributed by atoms with van der Waals surface area (Å²) < 4.78 is 26.1. The lowest BCUT2D eigenvalue weighted by molar-refractivity contribution is -0.120. The molecular formula is C15H17N3O5S2. The summed E-state index contributed by atoms with van der Waals surface area (Å²) in [5, 5.41) is 13.4. The first kappa shape index (κ1) is 19.0. The van der Waals surface area contributed by atoms with Gasteiger partial charge in [0.1, 0.15) is 5.01 Å². The number of nitrogens with one attached hydrogen (secondary N) is 2. The zero-order valence-corrected chi connectivity index (χ0v) is 15.0. The fraction of sp³-hybridized carbons (Fsp3) is 0.267. The molecule has 0 aliphatic rings. The van der Waals surface area contributed by atoms with E-state index in [1.807, 2.05) is 0 Å². The molecule has 1 aromatic heterocycles. The van der Waals surface area contributed by atoms with E-state index in [2.05, 4.69) is 15.0 Å². The Kier molecular flexibility index (Phi) is 6.23. The van der Waals surface area contributed by atoms with Crippen LogP contribution < -0.4 is 10.0 Å². The van der Waals surface area contributed by atoms with Crippen LogP contribution >= 0.6 is 11.3 Å². The van der Waals surface area contributed by atoms with Gasteiger partial charge in [0.25, 0.3) is 0 Å². The van der Waals surface area contributed by atoms with Crippen molar-refractivity contribution in [2.45, 2.75) is 24.8 Å². The molecule has 1 amide bonds. The minimum atomic E-state index is -3.51. The van der Waals surface area contributed by atoms with Gasteiger partial charge in [0.05, 0.1) is 17.9 Å². The number of carboxylic acids is 1. The highest BCUT2D eigenvalue weighted by atomic mass is 32.2. The van der Waals surface area contributed by atoms with Crippen LogP contribution in [0, 0.1) is 0 Å². The molecule has 0 bridgehead atoms. The van der Waals surface area contributed by atoms with Crippen molar-refractivity contribution >= 4 is 33.2 Å². The summed E-state index contributed by atoms with van der Waals surface area (Å²) in [4.78, 5) is 26.7. The van der Waals surface area contributed by atoms with E-state index >= 15 is 0 Å². The fourth-order valence-electron chi connectivity index (χ4n) is 1.97. The average molecular weight is 383 g/mol. The van der Waals surface area contributed by atoms with E-state index in [0.29, 0.717) is 17.1 Å². The Morgan fingerprint density at radius 1 is 1.24 bits per heavy atom. The molecule has 8 nitrogen and oxygen atoms in total. The first-order valence-corrected chi connectivity index (χ1v) is 9.71. The highest BCUT2D eigenvalue weighted by Crippen LogP contribution is 2.12. The van der Waals surface area contributed by atoms with E-state index in [0.717, 1.165) is 11.3 Å². The SMILES string of the molecule is CCNS(=O)(=O)c1ccc(CC(=O)NCc2nc(C(=O)O)cs2)cc1. The van der Waals surface area contributed by atoms with Gasteiger partial charge in [-0.05, 0) is 17.7 Å². The third-order valence-corrected chi connectivity index (χ3v) is 5.55. The fourth-order valence-corrected chi connectivity index (χ4v) is 3.72. The Morgan fingerprint density at radius 2 is 1.92 bits per heavy atom. The van der Waals surface area contributed by atoms with Crippen LogP contribution in [0.25, 0.3) is 0 Å². The Hall–Kier alpha value is -2.30. The quantitative estimate of drug-likeness (QED) is 0.624.